The summed E-state index contributed by atoms with van der Waals surface area (Å²) in [5, 5.41) is 0. The molecule has 1 amide bonds. The summed E-state index contributed by atoms with van der Waals surface area (Å²) in [7, 11) is 0. The number of aromatic nitrogens is 1. The van der Waals surface area contributed by atoms with E-state index in [1.165, 1.54) is 12.3 Å². The molecule has 0 radical (unpaired) electrons. The fraction of sp³-hybridized carbons (Fsp3) is 0.455. The number of aromatic amines is 1. The van der Waals surface area contributed by atoms with E-state index in [1.54, 1.807) is 11.0 Å². The van der Waals surface area contributed by atoms with Crippen LogP contribution in [0, 0.1) is 0 Å². The smallest absolute Gasteiger partial charge is 0.254 e. The lowest BCUT2D eigenvalue weighted by atomic mass is 10.1. The van der Waals surface area contributed by atoms with E-state index in [0.29, 0.717) is 12.1 Å². The van der Waals surface area contributed by atoms with E-state index >= 15 is 0 Å². The predicted molar refractivity (Wildman–Crippen MR) is 60.2 cm³/mol. The first kappa shape index (κ1) is 10.9. The number of carbonyl (C=O) groups is 1. The average Bonchev–Trinajstić information content (AvgIpc) is 2.28. The largest absolute Gasteiger partial charge is 0.337 e. The number of rotatable bonds is 1. The molecule has 1 aromatic heterocycles. The number of hydrogen-bond acceptors (Lipinski definition) is 3. The Balaban J connectivity index is 2.15. The van der Waals surface area contributed by atoms with Crippen molar-refractivity contribution in [1.82, 2.24) is 9.88 Å². The lowest BCUT2D eigenvalue weighted by Crippen LogP contribution is -2.45. The third-order valence-electron chi connectivity index (χ3n) is 2.77. The number of H-pyrrole nitrogens is 1. The van der Waals surface area contributed by atoms with Gasteiger partial charge in [0.15, 0.2) is 0 Å². The molecule has 1 unspecified atom stereocenters. The summed E-state index contributed by atoms with van der Waals surface area (Å²) in [6.45, 7) is 1.30. The summed E-state index contributed by atoms with van der Waals surface area (Å²) in [6.07, 6.45) is 3.37. The zero-order chi connectivity index (χ0) is 11.5. The topological polar surface area (TPSA) is 79.2 Å². The molecule has 1 atom stereocenters. The van der Waals surface area contributed by atoms with Crippen molar-refractivity contribution >= 4 is 5.91 Å². The molecule has 0 bridgehead atoms. The molecule has 0 saturated carbocycles. The first-order valence-electron chi connectivity index (χ1n) is 5.40. The fourth-order valence-electron chi connectivity index (χ4n) is 1.95. The van der Waals surface area contributed by atoms with Crippen LogP contribution in [0.2, 0.25) is 0 Å². The third kappa shape index (κ3) is 2.30. The van der Waals surface area contributed by atoms with E-state index in [1.807, 2.05) is 0 Å². The molecule has 0 aromatic carbocycles. The number of hydrogen-bond donors (Lipinski definition) is 2. The molecule has 5 nitrogen and oxygen atoms in total. The van der Waals surface area contributed by atoms with Crippen LogP contribution in [0.5, 0.6) is 0 Å². The van der Waals surface area contributed by atoms with Crippen molar-refractivity contribution in [3.8, 4) is 0 Å². The van der Waals surface area contributed by atoms with Crippen LogP contribution in [0.15, 0.2) is 23.1 Å². The minimum Gasteiger partial charge on any atom is -0.337 e. The Labute approximate surface area is 93.3 Å². The zero-order valence-corrected chi connectivity index (χ0v) is 8.98. The average molecular weight is 221 g/mol. The van der Waals surface area contributed by atoms with E-state index in [2.05, 4.69) is 4.98 Å². The SMILES string of the molecule is NC1CCCN(C(=O)c2cc[nH]c(=O)c2)C1. The van der Waals surface area contributed by atoms with Crippen molar-refractivity contribution in [1.29, 1.82) is 0 Å². The molecule has 1 aliphatic rings. The van der Waals surface area contributed by atoms with Crippen LogP contribution in [0.1, 0.15) is 23.2 Å². The van der Waals surface area contributed by atoms with Gasteiger partial charge >= 0.3 is 0 Å². The number of likely N-dealkylation sites (tertiary alicyclic amines) is 1. The van der Waals surface area contributed by atoms with Crippen LogP contribution in [0.3, 0.4) is 0 Å². The number of carbonyl (C=O) groups excluding carboxylic acids is 1. The lowest BCUT2D eigenvalue weighted by molar-refractivity contribution is 0.0708. The van der Waals surface area contributed by atoms with Gasteiger partial charge in [0, 0.05) is 37.0 Å². The molecular formula is C11H15N3O2. The maximum absolute atomic E-state index is 12.0. The van der Waals surface area contributed by atoms with Gasteiger partial charge in [-0.1, -0.05) is 0 Å². The van der Waals surface area contributed by atoms with Crippen LogP contribution in [0.25, 0.3) is 0 Å². The van der Waals surface area contributed by atoms with E-state index in [0.717, 1.165) is 19.4 Å². The Hall–Kier alpha value is -1.62. The number of pyridine rings is 1. The molecule has 2 rings (SSSR count). The number of nitrogens with one attached hydrogen (secondary N) is 1. The van der Waals surface area contributed by atoms with Gasteiger partial charge in [-0.2, -0.15) is 0 Å². The molecule has 0 spiro atoms. The highest BCUT2D eigenvalue weighted by Gasteiger charge is 2.22. The second-order valence-electron chi connectivity index (χ2n) is 4.10. The molecule has 1 fully saturated rings. The highest BCUT2D eigenvalue weighted by molar-refractivity contribution is 5.94. The molecular weight excluding hydrogens is 206 g/mol. The number of piperidine rings is 1. The highest BCUT2D eigenvalue weighted by Crippen LogP contribution is 2.11. The molecule has 1 aromatic rings. The quantitative estimate of drug-likeness (QED) is 0.697. The number of nitrogens with zero attached hydrogens (tertiary/aromatic N) is 1. The molecule has 86 valence electrons. The minimum absolute atomic E-state index is 0.0553. The first-order valence-corrected chi connectivity index (χ1v) is 5.40. The van der Waals surface area contributed by atoms with Gasteiger partial charge < -0.3 is 15.6 Å². The summed E-state index contributed by atoms with van der Waals surface area (Å²) in [5.74, 6) is -0.110. The van der Waals surface area contributed by atoms with Gasteiger partial charge in [0.2, 0.25) is 5.56 Å². The monoisotopic (exact) mass is 221 g/mol. The van der Waals surface area contributed by atoms with Crippen molar-refractivity contribution in [3.63, 3.8) is 0 Å². The third-order valence-corrected chi connectivity index (χ3v) is 2.77. The number of amides is 1. The van der Waals surface area contributed by atoms with Crippen molar-refractivity contribution in [3.05, 3.63) is 34.2 Å². The van der Waals surface area contributed by atoms with Gasteiger partial charge in [-0.3, -0.25) is 9.59 Å². The van der Waals surface area contributed by atoms with E-state index in [-0.39, 0.29) is 17.5 Å². The molecule has 16 heavy (non-hydrogen) atoms. The Morgan fingerprint density at radius 1 is 1.56 bits per heavy atom. The van der Waals surface area contributed by atoms with Gasteiger partial charge in [0.1, 0.15) is 0 Å². The summed E-state index contributed by atoms with van der Waals surface area (Å²) < 4.78 is 0. The van der Waals surface area contributed by atoms with Crippen LogP contribution in [-0.2, 0) is 0 Å². The van der Waals surface area contributed by atoms with Crippen molar-refractivity contribution < 1.29 is 4.79 Å². The maximum atomic E-state index is 12.0. The summed E-state index contributed by atoms with van der Waals surface area (Å²) in [5.41, 5.74) is 5.98. The van der Waals surface area contributed by atoms with Crippen molar-refractivity contribution in [2.24, 2.45) is 5.73 Å². The molecule has 5 heteroatoms. The fourth-order valence-corrected chi connectivity index (χ4v) is 1.95. The van der Waals surface area contributed by atoms with Gasteiger partial charge in [-0.15, -0.1) is 0 Å². The van der Waals surface area contributed by atoms with Gasteiger partial charge in [-0.25, -0.2) is 0 Å². The second kappa shape index (κ2) is 4.49. The lowest BCUT2D eigenvalue weighted by Gasteiger charge is -2.30. The Kier molecular flexibility index (Phi) is 3.05. The van der Waals surface area contributed by atoms with Gasteiger partial charge in [0.05, 0.1) is 0 Å². The molecule has 2 heterocycles. The van der Waals surface area contributed by atoms with Crippen LogP contribution in [-0.4, -0.2) is 34.9 Å². The van der Waals surface area contributed by atoms with E-state index in [4.69, 9.17) is 5.73 Å². The van der Waals surface area contributed by atoms with Crippen molar-refractivity contribution in [2.45, 2.75) is 18.9 Å². The summed E-state index contributed by atoms with van der Waals surface area (Å²) in [6, 6.07) is 2.99. The Morgan fingerprint density at radius 2 is 2.38 bits per heavy atom. The predicted octanol–water partition coefficient (Wildman–Crippen LogP) is -0.0618. The van der Waals surface area contributed by atoms with Crippen molar-refractivity contribution in [2.75, 3.05) is 13.1 Å². The highest BCUT2D eigenvalue weighted by atomic mass is 16.2. The van der Waals surface area contributed by atoms with Crippen LogP contribution in [0.4, 0.5) is 0 Å². The van der Waals surface area contributed by atoms with E-state index in [9.17, 15) is 9.59 Å². The number of nitrogens with two attached hydrogens (primary N) is 1. The van der Waals surface area contributed by atoms with Crippen LogP contribution < -0.4 is 11.3 Å². The normalized spacial score (nSPS) is 20.8. The van der Waals surface area contributed by atoms with Gasteiger partial charge in [0.25, 0.3) is 5.91 Å². The second-order valence-corrected chi connectivity index (χ2v) is 4.10. The first-order chi connectivity index (χ1) is 7.66. The Bertz CT molecular complexity index is 441. The molecule has 0 aliphatic carbocycles. The van der Waals surface area contributed by atoms with Crippen LogP contribution >= 0.6 is 0 Å². The maximum Gasteiger partial charge on any atom is 0.254 e. The minimum atomic E-state index is -0.257. The van der Waals surface area contributed by atoms with E-state index < -0.39 is 0 Å². The Morgan fingerprint density at radius 3 is 3.06 bits per heavy atom. The molecule has 3 N–H and O–H groups in total. The molecule has 1 saturated heterocycles. The standard InChI is InChI=1S/C11H15N3O2/c12-9-2-1-5-14(7-9)11(16)8-3-4-13-10(15)6-8/h3-4,6,9H,1-2,5,7,12H2,(H,13,15). The van der Waals surface area contributed by atoms with Gasteiger partial charge in [-0.05, 0) is 18.9 Å². The summed E-state index contributed by atoms with van der Waals surface area (Å²) in [4.78, 5) is 27.3. The zero-order valence-electron chi connectivity index (χ0n) is 8.98. The molecule has 1 aliphatic heterocycles. The summed E-state index contributed by atoms with van der Waals surface area (Å²) >= 11 is 0.